The molecule has 0 saturated carbocycles. The van der Waals surface area contributed by atoms with Crippen LogP contribution in [-0.4, -0.2) is 25.2 Å². The summed E-state index contributed by atoms with van der Waals surface area (Å²) < 4.78 is 24.5. The molecule has 0 bridgehead atoms. The first-order valence-electron chi connectivity index (χ1n) is 8.11. The molecule has 1 N–H and O–H groups in total. The monoisotopic (exact) mass is 329 g/mol. The Balaban J connectivity index is 1.32. The lowest BCUT2D eigenvalue weighted by Gasteiger charge is -2.12. The summed E-state index contributed by atoms with van der Waals surface area (Å²) in [5, 5.41) is 2.88. The first-order valence-corrected chi connectivity index (χ1v) is 8.11. The molecule has 4 nitrogen and oxygen atoms in total. The van der Waals surface area contributed by atoms with Gasteiger partial charge in [-0.2, -0.15) is 0 Å². The molecule has 0 fully saturated rings. The molecule has 0 aromatic heterocycles. The minimum absolute atomic E-state index is 0.0129. The molecule has 1 amide bonds. The van der Waals surface area contributed by atoms with Gasteiger partial charge in [0, 0.05) is 12.8 Å². The normalized spacial score (nSPS) is 15.5. The summed E-state index contributed by atoms with van der Waals surface area (Å²) in [5.41, 5.74) is 1.18. The van der Waals surface area contributed by atoms with Crippen LogP contribution in [0.15, 0.2) is 48.5 Å². The SMILES string of the molecule is O=C(CCCOc1ccccc1F)NC[C@H]1Cc2ccccc2O1. The highest BCUT2D eigenvalue weighted by atomic mass is 19.1. The number of nitrogens with one attached hydrogen (secondary N) is 1. The molecule has 2 aromatic rings. The first-order chi connectivity index (χ1) is 11.7. The third-order valence-electron chi connectivity index (χ3n) is 3.88. The van der Waals surface area contributed by atoms with Gasteiger partial charge in [0.15, 0.2) is 11.6 Å². The maximum atomic E-state index is 13.4. The molecule has 0 saturated heterocycles. The predicted octanol–water partition coefficient (Wildman–Crippen LogP) is 3.10. The second-order valence-corrected chi connectivity index (χ2v) is 5.74. The third-order valence-corrected chi connectivity index (χ3v) is 3.88. The minimum Gasteiger partial charge on any atom is -0.491 e. The van der Waals surface area contributed by atoms with Crippen molar-refractivity contribution in [3.8, 4) is 11.5 Å². The van der Waals surface area contributed by atoms with Crippen LogP contribution in [0.3, 0.4) is 0 Å². The van der Waals surface area contributed by atoms with Crippen LogP contribution in [0, 0.1) is 5.82 Å². The van der Waals surface area contributed by atoms with Gasteiger partial charge in [0.25, 0.3) is 0 Å². The summed E-state index contributed by atoms with van der Waals surface area (Å²) >= 11 is 0. The van der Waals surface area contributed by atoms with Gasteiger partial charge in [-0.25, -0.2) is 4.39 Å². The van der Waals surface area contributed by atoms with E-state index in [2.05, 4.69) is 5.32 Å². The van der Waals surface area contributed by atoms with Crippen LogP contribution >= 0.6 is 0 Å². The van der Waals surface area contributed by atoms with Crippen LogP contribution < -0.4 is 14.8 Å². The number of amides is 1. The maximum absolute atomic E-state index is 13.4. The highest BCUT2D eigenvalue weighted by Crippen LogP contribution is 2.27. The van der Waals surface area contributed by atoms with E-state index >= 15 is 0 Å². The summed E-state index contributed by atoms with van der Waals surface area (Å²) in [6.07, 6.45) is 1.67. The summed E-state index contributed by atoms with van der Waals surface area (Å²) in [5.74, 6) is 0.677. The van der Waals surface area contributed by atoms with Crippen molar-refractivity contribution in [3.05, 3.63) is 59.9 Å². The molecular formula is C19H20FNO3. The van der Waals surface area contributed by atoms with E-state index in [4.69, 9.17) is 9.47 Å². The van der Waals surface area contributed by atoms with Crippen LogP contribution in [0.25, 0.3) is 0 Å². The number of halogens is 1. The lowest BCUT2D eigenvalue weighted by atomic mass is 10.1. The van der Waals surface area contributed by atoms with E-state index in [9.17, 15) is 9.18 Å². The predicted molar refractivity (Wildman–Crippen MR) is 88.7 cm³/mol. The molecule has 1 atom stereocenters. The largest absolute Gasteiger partial charge is 0.491 e. The number of benzene rings is 2. The number of carbonyl (C=O) groups is 1. The Bertz CT molecular complexity index is 680. The number of para-hydroxylation sites is 2. The van der Waals surface area contributed by atoms with Crippen LogP contribution in [0.5, 0.6) is 11.5 Å². The van der Waals surface area contributed by atoms with E-state index in [0.717, 1.165) is 12.2 Å². The molecule has 0 aliphatic carbocycles. The molecular weight excluding hydrogens is 309 g/mol. The molecule has 0 unspecified atom stereocenters. The molecule has 0 spiro atoms. The van der Waals surface area contributed by atoms with Crippen molar-refractivity contribution < 1.29 is 18.7 Å². The van der Waals surface area contributed by atoms with Gasteiger partial charge in [0.1, 0.15) is 11.9 Å². The Hall–Kier alpha value is -2.56. The maximum Gasteiger partial charge on any atom is 0.220 e. The first kappa shape index (κ1) is 16.3. The van der Waals surface area contributed by atoms with Gasteiger partial charge in [-0.3, -0.25) is 4.79 Å². The average molecular weight is 329 g/mol. The Morgan fingerprint density at radius 3 is 2.83 bits per heavy atom. The van der Waals surface area contributed by atoms with Crippen molar-refractivity contribution >= 4 is 5.91 Å². The van der Waals surface area contributed by atoms with Crippen LogP contribution in [0.4, 0.5) is 4.39 Å². The zero-order valence-electron chi connectivity index (χ0n) is 13.3. The fraction of sp³-hybridized carbons (Fsp3) is 0.316. The summed E-state index contributed by atoms with van der Waals surface area (Å²) in [6, 6.07) is 14.2. The number of rotatable bonds is 7. The van der Waals surface area contributed by atoms with E-state index in [-0.39, 0.29) is 23.6 Å². The number of carbonyl (C=O) groups excluding carboxylic acids is 1. The van der Waals surface area contributed by atoms with Crippen LogP contribution in [-0.2, 0) is 11.2 Å². The fourth-order valence-electron chi connectivity index (χ4n) is 2.66. The molecule has 1 aliphatic heterocycles. The molecule has 3 rings (SSSR count). The van der Waals surface area contributed by atoms with Crippen molar-refractivity contribution in [2.45, 2.75) is 25.4 Å². The Kier molecular flexibility index (Phi) is 5.31. The number of hydrogen-bond acceptors (Lipinski definition) is 3. The molecule has 126 valence electrons. The number of fused-ring (bicyclic) bond motifs is 1. The van der Waals surface area contributed by atoms with Gasteiger partial charge >= 0.3 is 0 Å². The van der Waals surface area contributed by atoms with E-state index in [1.807, 2.05) is 24.3 Å². The second kappa shape index (κ2) is 7.81. The topological polar surface area (TPSA) is 47.6 Å². The quantitative estimate of drug-likeness (QED) is 0.794. The number of ether oxygens (including phenoxy) is 2. The molecule has 2 aromatic carbocycles. The van der Waals surface area contributed by atoms with Gasteiger partial charge in [-0.05, 0) is 30.2 Å². The van der Waals surface area contributed by atoms with Crippen molar-refractivity contribution in [2.24, 2.45) is 0 Å². The van der Waals surface area contributed by atoms with E-state index < -0.39 is 0 Å². The standard InChI is InChI=1S/C19H20FNO3/c20-16-7-2-4-9-18(16)23-11-5-10-19(22)21-13-15-12-14-6-1-3-8-17(14)24-15/h1-4,6-9,15H,5,10-13H2,(H,21,22)/t15-/m1/s1. The van der Waals surface area contributed by atoms with E-state index in [0.29, 0.717) is 26.0 Å². The van der Waals surface area contributed by atoms with E-state index in [1.54, 1.807) is 18.2 Å². The Morgan fingerprint density at radius 2 is 2.00 bits per heavy atom. The highest BCUT2D eigenvalue weighted by Gasteiger charge is 2.22. The fourth-order valence-corrected chi connectivity index (χ4v) is 2.66. The van der Waals surface area contributed by atoms with Gasteiger partial charge in [-0.1, -0.05) is 30.3 Å². The zero-order valence-corrected chi connectivity index (χ0v) is 13.3. The number of hydrogen-bond donors (Lipinski definition) is 1. The molecule has 5 heteroatoms. The molecule has 1 aliphatic rings. The smallest absolute Gasteiger partial charge is 0.220 e. The lowest BCUT2D eigenvalue weighted by molar-refractivity contribution is -0.121. The van der Waals surface area contributed by atoms with Crippen molar-refractivity contribution in [3.63, 3.8) is 0 Å². The zero-order chi connectivity index (χ0) is 16.8. The average Bonchev–Trinajstić information content (AvgIpc) is 3.01. The summed E-state index contributed by atoms with van der Waals surface area (Å²) in [4.78, 5) is 11.9. The molecule has 0 radical (unpaired) electrons. The van der Waals surface area contributed by atoms with Crippen LogP contribution in [0.2, 0.25) is 0 Å². The second-order valence-electron chi connectivity index (χ2n) is 5.74. The highest BCUT2D eigenvalue weighted by molar-refractivity contribution is 5.75. The van der Waals surface area contributed by atoms with E-state index in [1.165, 1.54) is 11.6 Å². The molecule has 24 heavy (non-hydrogen) atoms. The van der Waals surface area contributed by atoms with Gasteiger partial charge in [0.2, 0.25) is 5.91 Å². The third kappa shape index (κ3) is 4.25. The van der Waals surface area contributed by atoms with Crippen molar-refractivity contribution in [2.75, 3.05) is 13.2 Å². The van der Waals surface area contributed by atoms with Gasteiger partial charge in [0.05, 0.1) is 13.2 Å². The van der Waals surface area contributed by atoms with Crippen molar-refractivity contribution in [1.82, 2.24) is 5.32 Å². The van der Waals surface area contributed by atoms with Crippen LogP contribution in [0.1, 0.15) is 18.4 Å². The lowest BCUT2D eigenvalue weighted by Crippen LogP contribution is -2.34. The Labute approximate surface area is 140 Å². The molecule has 1 heterocycles. The summed E-state index contributed by atoms with van der Waals surface area (Å²) in [7, 11) is 0. The Morgan fingerprint density at radius 1 is 1.21 bits per heavy atom. The minimum atomic E-state index is -0.389. The van der Waals surface area contributed by atoms with Crippen molar-refractivity contribution in [1.29, 1.82) is 0 Å². The van der Waals surface area contributed by atoms with Gasteiger partial charge < -0.3 is 14.8 Å². The summed E-state index contributed by atoms with van der Waals surface area (Å²) in [6.45, 7) is 0.793. The van der Waals surface area contributed by atoms with Gasteiger partial charge in [-0.15, -0.1) is 0 Å².